The Morgan fingerprint density at radius 1 is 1.11 bits per heavy atom. The van der Waals surface area contributed by atoms with Crippen LogP contribution >= 0.6 is 0 Å². The van der Waals surface area contributed by atoms with Crippen molar-refractivity contribution in [3.63, 3.8) is 0 Å². The highest BCUT2D eigenvalue weighted by Crippen LogP contribution is 2.33. The first-order chi connectivity index (χ1) is 12.8. The summed E-state index contributed by atoms with van der Waals surface area (Å²) >= 11 is 0. The van der Waals surface area contributed by atoms with Gasteiger partial charge in [-0.25, -0.2) is 4.98 Å². The summed E-state index contributed by atoms with van der Waals surface area (Å²) in [6.45, 7) is 1.49. The Morgan fingerprint density at radius 3 is 2.44 bits per heavy atom. The number of aromatic nitrogens is 1. The maximum absolute atomic E-state index is 12.7. The minimum atomic E-state index is -4.38. The summed E-state index contributed by atoms with van der Waals surface area (Å²) in [5.41, 5.74) is 1.40. The molecule has 2 aromatic carbocycles. The van der Waals surface area contributed by atoms with E-state index in [2.05, 4.69) is 10.3 Å². The van der Waals surface area contributed by atoms with Crippen LogP contribution in [0.1, 0.15) is 23.0 Å². The van der Waals surface area contributed by atoms with Gasteiger partial charge < -0.3 is 10.4 Å². The fraction of sp³-hybridized carbons (Fsp3) is 0.200. The number of pyridine rings is 1. The van der Waals surface area contributed by atoms with Crippen LogP contribution in [-0.2, 0) is 6.18 Å². The summed E-state index contributed by atoms with van der Waals surface area (Å²) in [5, 5.41) is 12.4. The van der Waals surface area contributed by atoms with Crippen molar-refractivity contribution in [2.75, 3.05) is 6.61 Å². The molecular formula is C20H17F3N2O2. The van der Waals surface area contributed by atoms with E-state index in [1.165, 1.54) is 12.1 Å². The Hall–Kier alpha value is -2.93. The van der Waals surface area contributed by atoms with Gasteiger partial charge in [0.15, 0.2) is 0 Å². The standard InChI is InChI=1S/C20H17F3N2O2/c1-12(11-26)24-19(27)18-10-9-16-15(3-2-4-17(16)25-18)13-5-7-14(8-6-13)20(21,22)23/h2-10,12,26H,11H2,1H3,(H,24,27)/t12-/m1/s1. The largest absolute Gasteiger partial charge is 0.416 e. The number of halogens is 3. The predicted molar refractivity (Wildman–Crippen MR) is 96.2 cm³/mol. The summed E-state index contributed by atoms with van der Waals surface area (Å²) < 4.78 is 38.2. The zero-order valence-electron chi connectivity index (χ0n) is 14.4. The molecule has 7 heteroatoms. The van der Waals surface area contributed by atoms with Gasteiger partial charge in [0.2, 0.25) is 0 Å². The molecule has 0 saturated heterocycles. The van der Waals surface area contributed by atoms with Gasteiger partial charge in [0.1, 0.15) is 5.69 Å². The quantitative estimate of drug-likeness (QED) is 0.725. The monoisotopic (exact) mass is 374 g/mol. The van der Waals surface area contributed by atoms with Gasteiger partial charge in [-0.15, -0.1) is 0 Å². The topological polar surface area (TPSA) is 62.2 Å². The van der Waals surface area contributed by atoms with Crippen molar-refractivity contribution in [1.29, 1.82) is 0 Å². The van der Waals surface area contributed by atoms with Crippen LogP contribution < -0.4 is 5.32 Å². The highest BCUT2D eigenvalue weighted by atomic mass is 19.4. The second kappa shape index (κ2) is 7.36. The van der Waals surface area contributed by atoms with E-state index in [1.54, 1.807) is 37.3 Å². The van der Waals surface area contributed by atoms with Crippen molar-refractivity contribution in [3.05, 3.63) is 65.9 Å². The minimum Gasteiger partial charge on any atom is -0.394 e. The highest BCUT2D eigenvalue weighted by Gasteiger charge is 2.30. The molecule has 1 heterocycles. The lowest BCUT2D eigenvalue weighted by molar-refractivity contribution is -0.137. The average molecular weight is 374 g/mol. The Balaban J connectivity index is 1.97. The van der Waals surface area contributed by atoms with E-state index in [1.807, 2.05) is 0 Å². The molecule has 4 nitrogen and oxygen atoms in total. The van der Waals surface area contributed by atoms with Gasteiger partial charge in [-0.1, -0.05) is 24.3 Å². The lowest BCUT2D eigenvalue weighted by Gasteiger charge is -2.12. The van der Waals surface area contributed by atoms with Crippen molar-refractivity contribution < 1.29 is 23.1 Å². The summed E-state index contributed by atoms with van der Waals surface area (Å²) in [6.07, 6.45) is -4.38. The second-order valence-electron chi connectivity index (χ2n) is 6.20. The van der Waals surface area contributed by atoms with Gasteiger partial charge >= 0.3 is 6.18 Å². The van der Waals surface area contributed by atoms with E-state index in [-0.39, 0.29) is 12.3 Å². The van der Waals surface area contributed by atoms with Crippen LogP contribution in [0, 0.1) is 0 Å². The third kappa shape index (κ3) is 4.09. The number of nitrogens with one attached hydrogen (secondary N) is 1. The third-order valence-electron chi connectivity index (χ3n) is 4.14. The number of hydrogen-bond donors (Lipinski definition) is 2. The number of amides is 1. The SMILES string of the molecule is C[C@H](CO)NC(=O)c1ccc2c(-c3ccc(C(F)(F)F)cc3)cccc2n1. The van der Waals surface area contributed by atoms with Gasteiger partial charge in [-0.2, -0.15) is 13.2 Å². The minimum absolute atomic E-state index is 0.183. The first-order valence-electron chi connectivity index (χ1n) is 8.28. The van der Waals surface area contributed by atoms with Crippen LogP contribution in [0.2, 0.25) is 0 Å². The van der Waals surface area contributed by atoms with Gasteiger partial charge in [-0.3, -0.25) is 4.79 Å². The number of aliphatic hydroxyl groups excluding tert-OH is 1. The summed E-state index contributed by atoms with van der Waals surface area (Å²) in [7, 11) is 0. The van der Waals surface area contributed by atoms with Gasteiger partial charge in [0.05, 0.1) is 17.7 Å². The van der Waals surface area contributed by atoms with Crippen LogP contribution in [0.3, 0.4) is 0 Å². The Morgan fingerprint density at radius 2 is 1.81 bits per heavy atom. The fourth-order valence-corrected chi connectivity index (χ4v) is 2.72. The molecule has 3 rings (SSSR count). The molecular weight excluding hydrogens is 357 g/mol. The van der Waals surface area contributed by atoms with Gasteiger partial charge in [-0.05, 0) is 48.4 Å². The molecule has 1 atom stereocenters. The Labute approximate surface area is 153 Å². The third-order valence-corrected chi connectivity index (χ3v) is 4.14. The number of alkyl halides is 3. The number of fused-ring (bicyclic) bond motifs is 1. The van der Waals surface area contributed by atoms with E-state index in [0.717, 1.165) is 23.1 Å². The molecule has 140 valence electrons. The summed E-state index contributed by atoms with van der Waals surface area (Å²) in [5.74, 6) is -0.404. The molecule has 0 spiro atoms. The highest BCUT2D eigenvalue weighted by molar-refractivity contribution is 5.99. The molecule has 1 aromatic heterocycles. The Kier molecular flexibility index (Phi) is 5.14. The molecule has 2 N–H and O–H groups in total. The van der Waals surface area contributed by atoms with Crippen molar-refractivity contribution in [1.82, 2.24) is 10.3 Å². The van der Waals surface area contributed by atoms with Crippen LogP contribution in [0.4, 0.5) is 13.2 Å². The molecule has 0 radical (unpaired) electrons. The number of carbonyl (C=O) groups excluding carboxylic acids is 1. The molecule has 0 aliphatic carbocycles. The molecule has 1 amide bonds. The number of benzene rings is 2. The summed E-state index contributed by atoms with van der Waals surface area (Å²) in [6, 6.07) is 13.1. The predicted octanol–water partition coefficient (Wildman–Crippen LogP) is 4.03. The molecule has 0 aliphatic rings. The van der Waals surface area contributed by atoms with E-state index >= 15 is 0 Å². The number of aliphatic hydroxyl groups is 1. The van der Waals surface area contributed by atoms with Crippen molar-refractivity contribution in [2.24, 2.45) is 0 Å². The molecule has 0 bridgehead atoms. The average Bonchev–Trinajstić information content (AvgIpc) is 2.66. The van der Waals surface area contributed by atoms with Crippen molar-refractivity contribution >= 4 is 16.8 Å². The first kappa shape index (κ1) is 18.8. The van der Waals surface area contributed by atoms with Crippen LogP contribution in [0.25, 0.3) is 22.0 Å². The maximum atomic E-state index is 12.7. The fourth-order valence-electron chi connectivity index (χ4n) is 2.72. The van der Waals surface area contributed by atoms with Crippen molar-refractivity contribution in [3.8, 4) is 11.1 Å². The lowest BCUT2D eigenvalue weighted by Crippen LogP contribution is -2.35. The van der Waals surface area contributed by atoms with E-state index in [9.17, 15) is 18.0 Å². The van der Waals surface area contributed by atoms with Crippen molar-refractivity contribution in [2.45, 2.75) is 19.1 Å². The molecule has 0 fully saturated rings. The molecule has 0 saturated carbocycles. The number of rotatable bonds is 4. The molecule has 27 heavy (non-hydrogen) atoms. The first-order valence-corrected chi connectivity index (χ1v) is 8.28. The Bertz CT molecular complexity index is 969. The number of hydrogen-bond acceptors (Lipinski definition) is 3. The van der Waals surface area contributed by atoms with E-state index in [4.69, 9.17) is 5.11 Å². The van der Waals surface area contributed by atoms with Crippen LogP contribution in [0.5, 0.6) is 0 Å². The van der Waals surface area contributed by atoms with E-state index in [0.29, 0.717) is 11.1 Å². The molecule has 3 aromatic rings. The molecule has 0 aliphatic heterocycles. The van der Waals surface area contributed by atoms with Crippen LogP contribution in [-0.4, -0.2) is 28.6 Å². The van der Waals surface area contributed by atoms with Crippen LogP contribution in [0.15, 0.2) is 54.6 Å². The smallest absolute Gasteiger partial charge is 0.394 e. The van der Waals surface area contributed by atoms with Gasteiger partial charge in [0.25, 0.3) is 5.91 Å². The lowest BCUT2D eigenvalue weighted by atomic mass is 9.99. The zero-order chi connectivity index (χ0) is 19.6. The molecule has 0 unspecified atom stereocenters. The summed E-state index contributed by atoms with van der Waals surface area (Å²) in [4.78, 5) is 16.5. The van der Waals surface area contributed by atoms with Gasteiger partial charge in [0, 0.05) is 11.4 Å². The second-order valence-corrected chi connectivity index (χ2v) is 6.20. The van der Waals surface area contributed by atoms with E-state index < -0.39 is 23.7 Å². The maximum Gasteiger partial charge on any atom is 0.416 e. The number of nitrogens with zero attached hydrogens (tertiary/aromatic N) is 1. The zero-order valence-corrected chi connectivity index (χ0v) is 14.4. The normalized spacial score (nSPS) is 12.8. The number of carbonyl (C=O) groups is 1.